The van der Waals surface area contributed by atoms with Crippen molar-refractivity contribution in [2.24, 2.45) is 0 Å². The highest BCUT2D eigenvalue weighted by Crippen LogP contribution is 2.44. The topological polar surface area (TPSA) is 114 Å². The molecule has 1 heterocycles. The first-order valence-electron chi connectivity index (χ1n) is 11.7. The maximum atomic E-state index is 12.7. The number of aliphatic carboxylic acids is 1. The van der Waals surface area contributed by atoms with Crippen LogP contribution in [0.1, 0.15) is 49.1 Å². The van der Waals surface area contributed by atoms with E-state index in [-0.39, 0.29) is 24.9 Å². The quantitative estimate of drug-likeness (QED) is 0.580. The lowest BCUT2D eigenvalue weighted by Gasteiger charge is -2.41. The van der Waals surface area contributed by atoms with E-state index in [1.165, 1.54) is 0 Å². The van der Waals surface area contributed by atoms with Crippen molar-refractivity contribution in [3.05, 3.63) is 59.7 Å². The van der Waals surface area contributed by atoms with Crippen LogP contribution in [0.25, 0.3) is 11.1 Å². The zero-order valence-electron chi connectivity index (χ0n) is 18.8. The smallest absolute Gasteiger partial charge is 0.407 e. The van der Waals surface area contributed by atoms with Crippen LogP contribution in [0.5, 0.6) is 0 Å². The molecule has 3 N–H and O–H groups in total. The molecule has 2 aromatic rings. The molecule has 2 fully saturated rings. The van der Waals surface area contributed by atoms with Gasteiger partial charge in [-0.05, 0) is 47.9 Å². The van der Waals surface area contributed by atoms with Gasteiger partial charge in [0, 0.05) is 18.9 Å². The Morgan fingerprint density at radius 2 is 1.68 bits per heavy atom. The number of carboxylic acids is 1. The third kappa shape index (κ3) is 4.25. The van der Waals surface area contributed by atoms with Gasteiger partial charge in [-0.15, -0.1) is 0 Å². The fraction of sp³-hybridized carbons (Fsp3) is 0.423. The molecule has 2 amide bonds. The number of alkyl carbamates (subject to hydrolysis) is 1. The molecule has 1 aliphatic heterocycles. The fourth-order valence-corrected chi connectivity index (χ4v) is 5.35. The van der Waals surface area contributed by atoms with Gasteiger partial charge >= 0.3 is 12.1 Å². The standard InChI is InChI=1S/C26H28N2O6/c29-22(27-21-10-13-33-23(21)24(30)31)14-26(11-5-12-26)28-25(32)34-15-20-18-8-3-1-6-16(18)17-7-2-4-9-19(17)20/h1-4,6-9,20-21,23H,5,10-15H2,(H,27,29)(H,28,32)(H,30,31). The van der Waals surface area contributed by atoms with Gasteiger partial charge in [0.1, 0.15) is 6.61 Å². The van der Waals surface area contributed by atoms with Crippen LogP contribution in [-0.4, -0.2) is 54.0 Å². The van der Waals surface area contributed by atoms with Gasteiger partial charge in [-0.25, -0.2) is 9.59 Å². The number of amides is 2. The molecule has 3 aliphatic rings. The highest BCUT2D eigenvalue weighted by Gasteiger charge is 2.43. The number of benzene rings is 2. The number of ether oxygens (including phenoxy) is 2. The summed E-state index contributed by atoms with van der Waals surface area (Å²) in [5.74, 6) is -1.41. The molecular formula is C26H28N2O6. The van der Waals surface area contributed by atoms with E-state index in [4.69, 9.17) is 9.47 Å². The fourth-order valence-electron chi connectivity index (χ4n) is 5.35. The molecule has 2 aliphatic carbocycles. The van der Waals surface area contributed by atoms with Crippen LogP contribution in [0, 0.1) is 0 Å². The SMILES string of the molecule is O=C(CC1(NC(=O)OCC2c3ccccc3-c3ccccc32)CCC1)NC1CCOC1C(=O)O. The zero-order chi connectivity index (χ0) is 23.7. The first-order valence-corrected chi connectivity index (χ1v) is 11.7. The van der Waals surface area contributed by atoms with E-state index in [1.807, 2.05) is 24.3 Å². The molecule has 1 saturated carbocycles. The van der Waals surface area contributed by atoms with Gasteiger partial charge < -0.3 is 25.2 Å². The molecule has 34 heavy (non-hydrogen) atoms. The number of rotatable bonds is 7. The Balaban J connectivity index is 1.19. The van der Waals surface area contributed by atoms with Gasteiger partial charge in [-0.1, -0.05) is 48.5 Å². The summed E-state index contributed by atoms with van der Waals surface area (Å²) >= 11 is 0. The molecule has 2 atom stereocenters. The Hall–Kier alpha value is -3.39. The second-order valence-electron chi connectivity index (χ2n) is 9.35. The Morgan fingerprint density at radius 3 is 2.26 bits per heavy atom. The van der Waals surface area contributed by atoms with E-state index in [2.05, 4.69) is 34.9 Å². The Morgan fingerprint density at radius 1 is 1.03 bits per heavy atom. The maximum Gasteiger partial charge on any atom is 0.407 e. The van der Waals surface area contributed by atoms with Gasteiger partial charge in [0.15, 0.2) is 6.10 Å². The Bertz CT molecular complexity index is 1070. The average Bonchev–Trinajstić information content (AvgIpc) is 3.39. The van der Waals surface area contributed by atoms with Crippen LogP contribution in [0.2, 0.25) is 0 Å². The lowest BCUT2D eigenvalue weighted by molar-refractivity contribution is -0.148. The van der Waals surface area contributed by atoms with Crippen molar-refractivity contribution >= 4 is 18.0 Å². The van der Waals surface area contributed by atoms with E-state index >= 15 is 0 Å². The second kappa shape index (κ2) is 9.10. The van der Waals surface area contributed by atoms with Crippen LogP contribution in [-0.2, 0) is 19.1 Å². The predicted molar refractivity (Wildman–Crippen MR) is 123 cm³/mol. The molecule has 1 saturated heterocycles. The van der Waals surface area contributed by atoms with Crippen LogP contribution in [0.15, 0.2) is 48.5 Å². The number of nitrogens with one attached hydrogen (secondary N) is 2. The highest BCUT2D eigenvalue weighted by molar-refractivity contribution is 5.81. The molecular weight excluding hydrogens is 436 g/mol. The molecule has 8 heteroatoms. The lowest BCUT2D eigenvalue weighted by Crippen LogP contribution is -2.57. The van der Waals surface area contributed by atoms with E-state index in [1.54, 1.807) is 0 Å². The first kappa shape index (κ1) is 22.4. The van der Waals surface area contributed by atoms with E-state index in [9.17, 15) is 19.5 Å². The molecule has 0 radical (unpaired) electrons. The molecule has 5 rings (SSSR count). The first-order chi connectivity index (χ1) is 16.5. The maximum absolute atomic E-state index is 12.7. The summed E-state index contributed by atoms with van der Waals surface area (Å²) in [6.07, 6.45) is 1.22. The van der Waals surface area contributed by atoms with E-state index < -0.39 is 29.7 Å². The summed E-state index contributed by atoms with van der Waals surface area (Å²) in [6, 6.07) is 15.7. The van der Waals surface area contributed by atoms with Gasteiger partial charge in [0.25, 0.3) is 0 Å². The Labute approximate surface area is 197 Å². The lowest BCUT2D eigenvalue weighted by atomic mass is 9.74. The van der Waals surface area contributed by atoms with Crippen molar-refractivity contribution in [3.63, 3.8) is 0 Å². The van der Waals surface area contributed by atoms with Crippen molar-refractivity contribution in [2.45, 2.75) is 55.7 Å². The molecule has 0 bridgehead atoms. The summed E-state index contributed by atoms with van der Waals surface area (Å²) in [7, 11) is 0. The van der Waals surface area contributed by atoms with Crippen molar-refractivity contribution in [3.8, 4) is 11.1 Å². The third-order valence-electron chi connectivity index (χ3n) is 7.20. The summed E-state index contributed by atoms with van der Waals surface area (Å²) in [4.78, 5) is 36.7. The molecule has 2 aromatic carbocycles. The molecule has 2 unspecified atom stereocenters. The summed E-state index contributed by atoms with van der Waals surface area (Å²) in [5, 5.41) is 14.9. The second-order valence-corrected chi connectivity index (χ2v) is 9.35. The summed E-state index contributed by atoms with van der Waals surface area (Å²) < 4.78 is 10.8. The molecule has 8 nitrogen and oxygen atoms in total. The van der Waals surface area contributed by atoms with Gasteiger partial charge in [0.2, 0.25) is 5.91 Å². The number of carboxylic acid groups (broad SMARTS) is 1. The zero-order valence-corrected chi connectivity index (χ0v) is 18.8. The summed E-state index contributed by atoms with van der Waals surface area (Å²) in [5.41, 5.74) is 3.94. The monoisotopic (exact) mass is 464 g/mol. The largest absolute Gasteiger partial charge is 0.479 e. The van der Waals surface area contributed by atoms with Gasteiger partial charge in [-0.3, -0.25) is 4.79 Å². The van der Waals surface area contributed by atoms with Crippen LogP contribution in [0.4, 0.5) is 4.79 Å². The van der Waals surface area contributed by atoms with Crippen LogP contribution in [0.3, 0.4) is 0 Å². The molecule has 0 aromatic heterocycles. The van der Waals surface area contributed by atoms with Crippen molar-refractivity contribution in [2.75, 3.05) is 13.2 Å². The Kier molecular flexibility index (Phi) is 6.00. The number of fused-ring (bicyclic) bond motifs is 3. The molecule has 0 spiro atoms. The summed E-state index contributed by atoms with van der Waals surface area (Å²) in [6.45, 7) is 0.507. The van der Waals surface area contributed by atoms with Crippen LogP contribution < -0.4 is 10.6 Å². The minimum Gasteiger partial charge on any atom is -0.479 e. The average molecular weight is 465 g/mol. The van der Waals surface area contributed by atoms with Gasteiger partial charge in [0.05, 0.1) is 11.6 Å². The van der Waals surface area contributed by atoms with E-state index in [0.717, 1.165) is 28.7 Å². The van der Waals surface area contributed by atoms with Crippen molar-refractivity contribution in [1.82, 2.24) is 10.6 Å². The van der Waals surface area contributed by atoms with Crippen molar-refractivity contribution in [1.29, 1.82) is 0 Å². The number of hydrogen-bond acceptors (Lipinski definition) is 5. The van der Waals surface area contributed by atoms with Gasteiger partial charge in [-0.2, -0.15) is 0 Å². The van der Waals surface area contributed by atoms with Crippen molar-refractivity contribution < 1.29 is 29.0 Å². The third-order valence-corrected chi connectivity index (χ3v) is 7.20. The number of hydrogen-bond donors (Lipinski definition) is 3. The molecule has 178 valence electrons. The minimum absolute atomic E-state index is 0.0332. The number of carbonyl (C=O) groups is 3. The minimum atomic E-state index is -1.09. The normalized spacial score (nSPS) is 22.2. The van der Waals surface area contributed by atoms with Crippen LogP contribution >= 0.6 is 0 Å². The number of carbonyl (C=O) groups excluding carboxylic acids is 2. The van der Waals surface area contributed by atoms with E-state index in [0.29, 0.717) is 25.9 Å². The highest BCUT2D eigenvalue weighted by atomic mass is 16.5. The predicted octanol–water partition coefficient (Wildman–Crippen LogP) is 3.20.